The van der Waals surface area contributed by atoms with Crippen LogP contribution in [-0.2, 0) is 19.6 Å². The molecular formula is C17H15FN2O4S3. The summed E-state index contributed by atoms with van der Waals surface area (Å²) in [4.78, 5) is 15.8. The summed E-state index contributed by atoms with van der Waals surface area (Å²) in [6, 6.07) is 9.55. The molecule has 10 heteroatoms. The molecule has 1 N–H and O–H groups in total. The summed E-state index contributed by atoms with van der Waals surface area (Å²) in [5.41, 5.74) is 1.08. The standard InChI is InChI=1S/C17H15FN2O4S3/c1-2-24-16(21)10-25-17-19-14-8-5-12(9-15(14)26-17)20-27(22,23)13-6-3-11(18)4-7-13/h3-9,20H,2,10H2,1H3. The van der Waals surface area contributed by atoms with Gasteiger partial charge in [0.05, 0.1) is 33.2 Å². The summed E-state index contributed by atoms with van der Waals surface area (Å²) < 4.78 is 46.6. The molecule has 0 atom stereocenters. The number of fused-ring (bicyclic) bond motifs is 1. The van der Waals surface area contributed by atoms with Crippen molar-refractivity contribution in [3.8, 4) is 0 Å². The molecule has 0 bridgehead atoms. The van der Waals surface area contributed by atoms with Gasteiger partial charge in [-0.2, -0.15) is 0 Å². The number of hydrogen-bond acceptors (Lipinski definition) is 7. The zero-order valence-corrected chi connectivity index (χ0v) is 16.6. The third-order valence-electron chi connectivity index (χ3n) is 3.36. The number of rotatable bonds is 7. The number of thioether (sulfide) groups is 1. The maximum atomic E-state index is 13.0. The zero-order chi connectivity index (χ0) is 19.4. The topological polar surface area (TPSA) is 85.4 Å². The molecule has 0 aliphatic rings. The molecule has 0 unspecified atom stereocenters. The molecule has 0 saturated heterocycles. The lowest BCUT2D eigenvalue weighted by Crippen LogP contribution is -2.12. The van der Waals surface area contributed by atoms with E-state index in [0.29, 0.717) is 22.2 Å². The number of nitrogens with zero attached hydrogens (tertiary/aromatic N) is 1. The second-order valence-electron chi connectivity index (χ2n) is 5.32. The van der Waals surface area contributed by atoms with E-state index >= 15 is 0 Å². The second-order valence-corrected chi connectivity index (χ2v) is 9.25. The number of aromatic nitrogens is 1. The fraction of sp³-hybridized carbons (Fsp3) is 0.176. The molecular weight excluding hydrogens is 411 g/mol. The molecule has 1 aromatic heterocycles. The van der Waals surface area contributed by atoms with E-state index in [0.717, 1.165) is 16.8 Å². The van der Waals surface area contributed by atoms with Gasteiger partial charge < -0.3 is 4.74 Å². The Morgan fingerprint density at radius 2 is 2.00 bits per heavy atom. The van der Waals surface area contributed by atoms with E-state index in [-0.39, 0.29) is 16.6 Å². The number of sulfonamides is 1. The molecule has 0 aliphatic heterocycles. The third-order valence-corrected chi connectivity index (χ3v) is 6.90. The average Bonchev–Trinajstić information content (AvgIpc) is 3.02. The number of carbonyl (C=O) groups is 1. The lowest BCUT2D eigenvalue weighted by molar-refractivity contribution is -0.139. The second kappa shape index (κ2) is 8.24. The number of thiazole rings is 1. The van der Waals surface area contributed by atoms with Gasteiger partial charge in [-0.1, -0.05) is 11.8 Å². The molecule has 0 fully saturated rings. The molecule has 6 nitrogen and oxygen atoms in total. The summed E-state index contributed by atoms with van der Waals surface area (Å²) in [6.45, 7) is 2.07. The highest BCUT2D eigenvalue weighted by atomic mass is 32.2. The zero-order valence-electron chi connectivity index (χ0n) is 14.1. The highest BCUT2D eigenvalue weighted by Crippen LogP contribution is 2.31. The molecule has 142 valence electrons. The fourth-order valence-corrected chi connectivity index (χ4v) is 5.13. The van der Waals surface area contributed by atoms with Gasteiger partial charge >= 0.3 is 5.97 Å². The van der Waals surface area contributed by atoms with Gasteiger partial charge in [-0.3, -0.25) is 9.52 Å². The van der Waals surface area contributed by atoms with Crippen LogP contribution in [0, 0.1) is 5.82 Å². The quantitative estimate of drug-likeness (QED) is 0.456. The first-order valence-electron chi connectivity index (χ1n) is 7.85. The summed E-state index contributed by atoms with van der Waals surface area (Å²) in [5.74, 6) is -0.653. The molecule has 0 spiro atoms. The molecule has 1 heterocycles. The minimum absolute atomic E-state index is 0.0287. The van der Waals surface area contributed by atoms with Gasteiger partial charge in [0, 0.05) is 0 Å². The maximum absolute atomic E-state index is 13.0. The van der Waals surface area contributed by atoms with Gasteiger partial charge in [-0.15, -0.1) is 11.3 Å². The molecule has 0 radical (unpaired) electrons. The van der Waals surface area contributed by atoms with Crippen LogP contribution in [0.4, 0.5) is 10.1 Å². The van der Waals surface area contributed by atoms with E-state index in [1.807, 2.05) is 0 Å². The minimum atomic E-state index is -3.82. The lowest BCUT2D eigenvalue weighted by Gasteiger charge is -2.07. The highest BCUT2D eigenvalue weighted by molar-refractivity contribution is 8.01. The predicted octanol–water partition coefficient (Wildman–Crippen LogP) is 3.89. The van der Waals surface area contributed by atoms with E-state index in [1.165, 1.54) is 35.2 Å². The van der Waals surface area contributed by atoms with Crippen molar-refractivity contribution in [2.45, 2.75) is 16.2 Å². The van der Waals surface area contributed by atoms with Gasteiger partial charge in [-0.25, -0.2) is 17.8 Å². The van der Waals surface area contributed by atoms with Crippen LogP contribution in [-0.4, -0.2) is 31.7 Å². The molecule has 0 aliphatic carbocycles. The Morgan fingerprint density at radius 3 is 2.70 bits per heavy atom. The van der Waals surface area contributed by atoms with Gasteiger partial charge in [0.1, 0.15) is 5.82 Å². The smallest absolute Gasteiger partial charge is 0.316 e. The van der Waals surface area contributed by atoms with E-state index in [2.05, 4.69) is 9.71 Å². The molecule has 3 rings (SSSR count). The van der Waals surface area contributed by atoms with Crippen LogP contribution in [0.2, 0.25) is 0 Å². The Morgan fingerprint density at radius 1 is 1.26 bits per heavy atom. The van der Waals surface area contributed by atoms with E-state index in [1.54, 1.807) is 25.1 Å². The van der Waals surface area contributed by atoms with E-state index < -0.39 is 15.8 Å². The number of hydrogen-bond donors (Lipinski definition) is 1. The number of anilines is 1. The Kier molecular flexibility index (Phi) is 5.98. The normalized spacial score (nSPS) is 11.5. The summed E-state index contributed by atoms with van der Waals surface area (Å²) in [6.07, 6.45) is 0. The number of carbonyl (C=O) groups excluding carboxylic acids is 1. The SMILES string of the molecule is CCOC(=O)CSc1nc2ccc(NS(=O)(=O)c3ccc(F)cc3)cc2s1. The third kappa shape index (κ3) is 4.96. The van der Waals surface area contributed by atoms with Crippen molar-refractivity contribution in [3.05, 3.63) is 48.3 Å². The first-order chi connectivity index (χ1) is 12.9. The number of esters is 1. The molecule has 2 aromatic carbocycles. The van der Waals surface area contributed by atoms with Crippen LogP contribution < -0.4 is 4.72 Å². The van der Waals surface area contributed by atoms with Gasteiger partial charge in [0.15, 0.2) is 4.34 Å². The Bertz CT molecular complexity index is 1070. The largest absolute Gasteiger partial charge is 0.465 e. The van der Waals surface area contributed by atoms with Crippen LogP contribution in [0.1, 0.15) is 6.92 Å². The molecule has 0 amide bonds. The first-order valence-corrected chi connectivity index (χ1v) is 11.1. The Labute approximate surface area is 163 Å². The monoisotopic (exact) mass is 426 g/mol. The summed E-state index contributed by atoms with van der Waals surface area (Å²) in [5, 5.41) is 0. The molecule has 27 heavy (non-hydrogen) atoms. The van der Waals surface area contributed by atoms with Crippen molar-refractivity contribution >= 4 is 55.0 Å². The average molecular weight is 427 g/mol. The van der Waals surface area contributed by atoms with Gasteiger partial charge in [0.25, 0.3) is 10.0 Å². The van der Waals surface area contributed by atoms with Crippen molar-refractivity contribution in [2.75, 3.05) is 17.1 Å². The number of ether oxygens (including phenoxy) is 1. The van der Waals surface area contributed by atoms with Crippen LogP contribution in [0.3, 0.4) is 0 Å². The van der Waals surface area contributed by atoms with E-state index in [4.69, 9.17) is 4.74 Å². The van der Waals surface area contributed by atoms with Crippen molar-refractivity contribution in [1.29, 1.82) is 0 Å². The van der Waals surface area contributed by atoms with Gasteiger partial charge in [0.2, 0.25) is 0 Å². The Balaban J connectivity index is 1.76. The lowest BCUT2D eigenvalue weighted by atomic mass is 10.3. The predicted molar refractivity (Wildman–Crippen MR) is 104 cm³/mol. The number of benzene rings is 2. The van der Waals surface area contributed by atoms with E-state index in [9.17, 15) is 17.6 Å². The number of nitrogens with one attached hydrogen (secondary N) is 1. The summed E-state index contributed by atoms with van der Waals surface area (Å²) >= 11 is 2.63. The van der Waals surface area contributed by atoms with Crippen LogP contribution >= 0.6 is 23.1 Å². The molecule has 0 saturated carbocycles. The maximum Gasteiger partial charge on any atom is 0.316 e. The van der Waals surface area contributed by atoms with Crippen molar-refractivity contribution in [2.24, 2.45) is 0 Å². The van der Waals surface area contributed by atoms with Crippen molar-refractivity contribution in [3.63, 3.8) is 0 Å². The van der Waals surface area contributed by atoms with Gasteiger partial charge in [-0.05, 0) is 49.4 Å². The van der Waals surface area contributed by atoms with Crippen LogP contribution in [0.5, 0.6) is 0 Å². The number of halogens is 1. The highest BCUT2D eigenvalue weighted by Gasteiger charge is 2.15. The van der Waals surface area contributed by atoms with Crippen LogP contribution in [0.25, 0.3) is 10.2 Å². The van der Waals surface area contributed by atoms with Crippen LogP contribution in [0.15, 0.2) is 51.7 Å². The first kappa shape index (κ1) is 19.6. The fourth-order valence-electron chi connectivity index (χ4n) is 2.18. The summed E-state index contributed by atoms with van der Waals surface area (Å²) in [7, 11) is -3.82. The Hall–Kier alpha value is -2.17. The minimum Gasteiger partial charge on any atom is -0.465 e. The molecule has 3 aromatic rings. The van der Waals surface area contributed by atoms with Crippen molar-refractivity contribution in [1.82, 2.24) is 4.98 Å². The van der Waals surface area contributed by atoms with Crippen molar-refractivity contribution < 1.29 is 22.3 Å².